The van der Waals surface area contributed by atoms with Crippen molar-refractivity contribution in [2.45, 2.75) is 38.9 Å². The average Bonchev–Trinajstić information content (AvgIpc) is 3.59. The smallest absolute Gasteiger partial charge is 0.243 e. The molecule has 0 unspecified atom stereocenters. The lowest BCUT2D eigenvalue weighted by atomic mass is 10.1. The van der Waals surface area contributed by atoms with Gasteiger partial charge in [-0.05, 0) is 31.9 Å². The van der Waals surface area contributed by atoms with Crippen LogP contribution in [0, 0.1) is 24.1 Å². The van der Waals surface area contributed by atoms with Crippen LogP contribution >= 0.6 is 11.6 Å². The van der Waals surface area contributed by atoms with Crippen LogP contribution in [0.25, 0.3) is 10.9 Å². The Balaban J connectivity index is 1.47. The molecule has 2 amide bonds. The number of aromatic nitrogens is 1. The molecule has 0 spiro atoms. The number of carbonyl (C=O) groups excluding carboxylic acids is 2. The summed E-state index contributed by atoms with van der Waals surface area (Å²) in [4.78, 5) is 27.3. The van der Waals surface area contributed by atoms with Crippen LogP contribution in [0.5, 0.6) is 0 Å². The van der Waals surface area contributed by atoms with E-state index in [0.29, 0.717) is 5.56 Å². The molecule has 0 atom stereocenters. The summed E-state index contributed by atoms with van der Waals surface area (Å²) >= 11 is 5.79. The topological polar surface area (TPSA) is 78.1 Å². The van der Waals surface area contributed by atoms with Crippen molar-refractivity contribution in [2.24, 2.45) is 0 Å². The molecule has 0 saturated heterocycles. The molecular weight excluding hydrogens is 431 g/mol. The minimum absolute atomic E-state index is 0.00223. The van der Waals surface area contributed by atoms with E-state index < -0.39 is 5.82 Å². The maximum absolute atomic E-state index is 14.0. The molecule has 0 bridgehead atoms. The molecular formula is C24H22ClFN4O2. The highest BCUT2D eigenvalue weighted by Gasteiger charge is 2.34. The molecule has 2 aromatic carbocycles. The van der Waals surface area contributed by atoms with Crippen LogP contribution < -0.4 is 5.32 Å². The van der Waals surface area contributed by atoms with Crippen molar-refractivity contribution in [3.05, 3.63) is 70.1 Å². The van der Waals surface area contributed by atoms with Gasteiger partial charge in [0.25, 0.3) is 0 Å². The molecule has 1 saturated carbocycles. The fraction of sp³-hybridized carbons (Fsp3) is 0.292. The van der Waals surface area contributed by atoms with Gasteiger partial charge in [0.1, 0.15) is 18.4 Å². The van der Waals surface area contributed by atoms with Gasteiger partial charge < -0.3 is 14.8 Å². The van der Waals surface area contributed by atoms with Crippen LogP contribution in [0.1, 0.15) is 29.7 Å². The molecule has 0 radical (unpaired) electrons. The van der Waals surface area contributed by atoms with Crippen LogP contribution in [0.4, 0.5) is 4.39 Å². The number of nitrogens with zero attached hydrogens (tertiary/aromatic N) is 3. The first-order valence-electron chi connectivity index (χ1n) is 10.4. The number of halogens is 2. The van der Waals surface area contributed by atoms with E-state index in [1.807, 2.05) is 35.8 Å². The maximum atomic E-state index is 14.0. The fourth-order valence-electron chi connectivity index (χ4n) is 3.90. The standard InChI is InChI=1S/C24H22ClFN4O2/c1-15-19(11-27)18-6-2-3-8-21(18)29(15)14-23(32)30(17-9-10-17)13-22(31)28-12-16-5-4-7-20(25)24(16)26/h2-8,17H,9-10,12-14H2,1H3,(H,28,31). The summed E-state index contributed by atoms with van der Waals surface area (Å²) in [5.41, 5.74) is 2.37. The monoisotopic (exact) mass is 452 g/mol. The molecule has 1 heterocycles. The van der Waals surface area contributed by atoms with Crippen LogP contribution in [0.15, 0.2) is 42.5 Å². The van der Waals surface area contributed by atoms with Gasteiger partial charge in [-0.2, -0.15) is 5.26 Å². The fourth-order valence-corrected chi connectivity index (χ4v) is 4.09. The Morgan fingerprint density at radius 3 is 2.72 bits per heavy atom. The van der Waals surface area contributed by atoms with Crippen molar-refractivity contribution in [3.8, 4) is 6.07 Å². The second-order valence-electron chi connectivity index (χ2n) is 7.92. The van der Waals surface area contributed by atoms with Gasteiger partial charge in [0.15, 0.2) is 0 Å². The molecule has 1 aliphatic carbocycles. The molecule has 1 aliphatic rings. The summed E-state index contributed by atoms with van der Waals surface area (Å²) in [6.45, 7) is 1.75. The molecule has 1 N–H and O–H groups in total. The number of fused-ring (bicyclic) bond motifs is 1. The number of para-hydroxylation sites is 1. The van der Waals surface area contributed by atoms with E-state index in [4.69, 9.17) is 11.6 Å². The third-order valence-corrected chi connectivity index (χ3v) is 6.06. The number of hydrogen-bond acceptors (Lipinski definition) is 3. The van der Waals surface area contributed by atoms with E-state index in [1.54, 1.807) is 17.0 Å². The minimum Gasteiger partial charge on any atom is -0.350 e. The van der Waals surface area contributed by atoms with Crippen molar-refractivity contribution in [1.29, 1.82) is 5.26 Å². The van der Waals surface area contributed by atoms with Crippen LogP contribution in [0.3, 0.4) is 0 Å². The zero-order valence-electron chi connectivity index (χ0n) is 17.6. The van der Waals surface area contributed by atoms with Gasteiger partial charge in [-0.25, -0.2) is 4.39 Å². The molecule has 0 aliphatic heterocycles. The Bertz CT molecular complexity index is 1240. The van der Waals surface area contributed by atoms with Gasteiger partial charge in [-0.15, -0.1) is 0 Å². The zero-order chi connectivity index (χ0) is 22.8. The Labute approximate surface area is 190 Å². The summed E-state index contributed by atoms with van der Waals surface area (Å²) in [5.74, 6) is -1.12. The minimum atomic E-state index is -0.562. The van der Waals surface area contributed by atoms with E-state index in [-0.39, 0.29) is 48.1 Å². The summed E-state index contributed by atoms with van der Waals surface area (Å²) in [6.07, 6.45) is 1.69. The first-order valence-corrected chi connectivity index (χ1v) is 10.8. The van der Waals surface area contributed by atoms with E-state index in [9.17, 15) is 19.2 Å². The highest BCUT2D eigenvalue weighted by atomic mass is 35.5. The van der Waals surface area contributed by atoms with Crippen LogP contribution in [-0.2, 0) is 22.7 Å². The lowest BCUT2D eigenvalue weighted by Crippen LogP contribution is -2.43. The number of hydrogen-bond donors (Lipinski definition) is 1. The highest BCUT2D eigenvalue weighted by molar-refractivity contribution is 6.30. The number of benzene rings is 2. The predicted octanol–water partition coefficient (Wildman–Crippen LogP) is 3.92. The van der Waals surface area contributed by atoms with Crippen LogP contribution in [0.2, 0.25) is 5.02 Å². The van der Waals surface area contributed by atoms with E-state index >= 15 is 0 Å². The number of nitrogens with one attached hydrogen (secondary N) is 1. The van der Waals surface area contributed by atoms with Gasteiger partial charge in [0.2, 0.25) is 11.8 Å². The third kappa shape index (κ3) is 4.32. The number of amides is 2. The van der Waals surface area contributed by atoms with Gasteiger partial charge in [-0.3, -0.25) is 9.59 Å². The van der Waals surface area contributed by atoms with E-state index in [0.717, 1.165) is 29.4 Å². The highest BCUT2D eigenvalue weighted by Crippen LogP contribution is 2.29. The molecule has 8 heteroatoms. The normalized spacial score (nSPS) is 13.1. The molecule has 3 aromatic rings. The maximum Gasteiger partial charge on any atom is 0.243 e. The summed E-state index contributed by atoms with van der Waals surface area (Å²) in [6, 6.07) is 14.3. The number of carbonyl (C=O) groups is 2. The summed E-state index contributed by atoms with van der Waals surface area (Å²) in [7, 11) is 0. The average molecular weight is 453 g/mol. The molecule has 1 fully saturated rings. The van der Waals surface area contributed by atoms with Crippen molar-refractivity contribution >= 4 is 34.3 Å². The second-order valence-corrected chi connectivity index (χ2v) is 8.33. The van der Waals surface area contributed by atoms with Crippen LogP contribution in [-0.4, -0.2) is 33.9 Å². The van der Waals surface area contributed by atoms with Gasteiger partial charge in [-0.1, -0.05) is 41.9 Å². The first-order chi connectivity index (χ1) is 15.4. The molecule has 32 heavy (non-hydrogen) atoms. The lowest BCUT2D eigenvalue weighted by Gasteiger charge is -2.23. The molecule has 1 aromatic heterocycles. The van der Waals surface area contributed by atoms with Gasteiger partial charge in [0, 0.05) is 29.2 Å². The molecule has 6 nitrogen and oxygen atoms in total. The molecule has 4 rings (SSSR count). The largest absolute Gasteiger partial charge is 0.350 e. The summed E-state index contributed by atoms with van der Waals surface area (Å²) < 4.78 is 15.9. The van der Waals surface area contributed by atoms with Gasteiger partial charge >= 0.3 is 0 Å². The van der Waals surface area contributed by atoms with Crippen molar-refractivity contribution in [1.82, 2.24) is 14.8 Å². The molecule has 164 valence electrons. The Morgan fingerprint density at radius 1 is 1.25 bits per heavy atom. The third-order valence-electron chi connectivity index (χ3n) is 5.77. The van der Waals surface area contributed by atoms with Crippen molar-refractivity contribution < 1.29 is 14.0 Å². The van der Waals surface area contributed by atoms with Crippen molar-refractivity contribution in [2.75, 3.05) is 6.54 Å². The Kier molecular flexibility index (Phi) is 6.15. The Morgan fingerprint density at radius 2 is 2.00 bits per heavy atom. The Hall–Kier alpha value is -3.37. The van der Waals surface area contributed by atoms with E-state index in [2.05, 4.69) is 11.4 Å². The number of nitriles is 1. The predicted molar refractivity (Wildman–Crippen MR) is 119 cm³/mol. The summed E-state index contributed by atoms with van der Waals surface area (Å²) in [5, 5.41) is 13.0. The number of rotatable bonds is 7. The quantitative estimate of drug-likeness (QED) is 0.590. The second kappa shape index (κ2) is 9.01. The van der Waals surface area contributed by atoms with Gasteiger partial charge in [0.05, 0.1) is 22.6 Å². The zero-order valence-corrected chi connectivity index (χ0v) is 18.3. The SMILES string of the molecule is Cc1c(C#N)c2ccccc2n1CC(=O)N(CC(=O)NCc1cccc(Cl)c1F)C1CC1. The van der Waals surface area contributed by atoms with E-state index in [1.165, 1.54) is 6.07 Å². The first kappa shape index (κ1) is 21.8. The van der Waals surface area contributed by atoms with Crippen molar-refractivity contribution in [3.63, 3.8) is 0 Å². The lowest BCUT2D eigenvalue weighted by molar-refractivity contribution is -0.137.